The summed E-state index contributed by atoms with van der Waals surface area (Å²) in [4.78, 5) is 11.3. The van der Waals surface area contributed by atoms with Crippen LogP contribution in [0, 0.1) is 0 Å². The summed E-state index contributed by atoms with van der Waals surface area (Å²) in [5.74, 6) is 0.562. The summed E-state index contributed by atoms with van der Waals surface area (Å²) in [5, 5.41) is 3.17. The smallest absolute Gasteiger partial charge is 0.307 e. The van der Waals surface area contributed by atoms with Gasteiger partial charge in [0.2, 0.25) is 0 Å². The quantitative estimate of drug-likeness (QED) is 0.794. The van der Waals surface area contributed by atoms with Crippen molar-refractivity contribution in [2.45, 2.75) is 31.2 Å². The number of benzene rings is 1. The molecule has 0 heterocycles. The van der Waals surface area contributed by atoms with Crippen LogP contribution < -0.4 is 5.32 Å². The molecule has 0 radical (unpaired) electrons. The van der Waals surface area contributed by atoms with Crippen molar-refractivity contribution < 1.29 is 9.53 Å². The fourth-order valence-corrected chi connectivity index (χ4v) is 2.08. The zero-order valence-corrected chi connectivity index (χ0v) is 10.4. The molecule has 1 saturated carbocycles. The first-order valence-electron chi connectivity index (χ1n) is 6.08. The molecular weight excluding hydrogens is 214 g/mol. The van der Waals surface area contributed by atoms with Crippen LogP contribution in [0.1, 0.15) is 42.3 Å². The summed E-state index contributed by atoms with van der Waals surface area (Å²) in [7, 11) is 3.30. The summed E-state index contributed by atoms with van der Waals surface area (Å²) in [5.41, 5.74) is 2.56. The zero-order chi connectivity index (χ0) is 12.3. The fourth-order valence-electron chi connectivity index (χ4n) is 2.08. The molecule has 92 valence electrons. The SMILES string of the molecule is CNC(CC(=O)OC)c1cccc(C2CC2)c1. The Hall–Kier alpha value is -1.35. The Kier molecular flexibility index (Phi) is 3.79. The van der Waals surface area contributed by atoms with Gasteiger partial charge in [-0.05, 0) is 36.9 Å². The Morgan fingerprint density at radius 1 is 1.53 bits per heavy atom. The molecule has 1 aliphatic carbocycles. The minimum atomic E-state index is -0.179. The number of carbonyl (C=O) groups is 1. The van der Waals surface area contributed by atoms with Crippen molar-refractivity contribution in [1.82, 2.24) is 5.32 Å². The lowest BCUT2D eigenvalue weighted by molar-refractivity contribution is -0.141. The minimum Gasteiger partial charge on any atom is -0.469 e. The third kappa shape index (κ3) is 3.07. The van der Waals surface area contributed by atoms with E-state index in [1.54, 1.807) is 0 Å². The number of carbonyl (C=O) groups excluding carboxylic acids is 1. The average Bonchev–Trinajstić information content (AvgIpc) is 3.20. The molecule has 3 nitrogen and oxygen atoms in total. The molecule has 17 heavy (non-hydrogen) atoms. The molecular formula is C14H19NO2. The van der Waals surface area contributed by atoms with E-state index < -0.39 is 0 Å². The van der Waals surface area contributed by atoms with Gasteiger partial charge in [-0.25, -0.2) is 0 Å². The van der Waals surface area contributed by atoms with Crippen molar-refractivity contribution in [3.8, 4) is 0 Å². The summed E-state index contributed by atoms with van der Waals surface area (Å²) in [6, 6.07) is 8.56. The van der Waals surface area contributed by atoms with E-state index in [9.17, 15) is 4.79 Å². The van der Waals surface area contributed by atoms with Crippen LogP contribution in [-0.2, 0) is 9.53 Å². The number of ether oxygens (including phenoxy) is 1. The van der Waals surface area contributed by atoms with Gasteiger partial charge in [0.05, 0.1) is 13.5 Å². The highest BCUT2D eigenvalue weighted by atomic mass is 16.5. The maximum atomic E-state index is 11.3. The predicted octanol–water partition coefficient (Wildman–Crippen LogP) is 2.39. The van der Waals surface area contributed by atoms with E-state index in [4.69, 9.17) is 4.74 Å². The van der Waals surface area contributed by atoms with Crippen LogP contribution in [-0.4, -0.2) is 20.1 Å². The zero-order valence-electron chi connectivity index (χ0n) is 10.4. The van der Waals surface area contributed by atoms with E-state index in [1.165, 1.54) is 31.1 Å². The van der Waals surface area contributed by atoms with Crippen molar-refractivity contribution in [3.63, 3.8) is 0 Å². The summed E-state index contributed by atoms with van der Waals surface area (Å²) in [6.07, 6.45) is 2.97. The van der Waals surface area contributed by atoms with Crippen molar-refractivity contribution in [2.24, 2.45) is 0 Å². The monoisotopic (exact) mass is 233 g/mol. The number of nitrogens with one attached hydrogen (secondary N) is 1. The molecule has 1 fully saturated rings. The van der Waals surface area contributed by atoms with E-state index in [-0.39, 0.29) is 12.0 Å². The topological polar surface area (TPSA) is 38.3 Å². The van der Waals surface area contributed by atoms with Crippen LogP contribution in [0.5, 0.6) is 0 Å². The first-order chi connectivity index (χ1) is 8.24. The van der Waals surface area contributed by atoms with E-state index in [0.717, 1.165) is 5.92 Å². The third-order valence-electron chi connectivity index (χ3n) is 3.31. The molecule has 0 amide bonds. The first-order valence-corrected chi connectivity index (χ1v) is 6.08. The van der Waals surface area contributed by atoms with Crippen LogP contribution in [0.4, 0.5) is 0 Å². The van der Waals surface area contributed by atoms with Gasteiger partial charge in [0.25, 0.3) is 0 Å². The second kappa shape index (κ2) is 5.32. The lowest BCUT2D eigenvalue weighted by Gasteiger charge is -2.16. The Bertz CT molecular complexity index is 399. The molecule has 1 N–H and O–H groups in total. The lowest BCUT2D eigenvalue weighted by Crippen LogP contribution is -2.20. The van der Waals surface area contributed by atoms with Crippen LogP contribution >= 0.6 is 0 Å². The van der Waals surface area contributed by atoms with Gasteiger partial charge in [-0.1, -0.05) is 24.3 Å². The Labute approximate surface area is 102 Å². The Balaban J connectivity index is 2.12. The van der Waals surface area contributed by atoms with Gasteiger partial charge < -0.3 is 10.1 Å². The average molecular weight is 233 g/mol. The Morgan fingerprint density at radius 2 is 2.29 bits per heavy atom. The van der Waals surface area contributed by atoms with Gasteiger partial charge in [-0.15, -0.1) is 0 Å². The molecule has 1 aromatic carbocycles. The molecule has 0 saturated heterocycles. The summed E-state index contributed by atoms with van der Waals surface area (Å²) in [6.45, 7) is 0. The maximum absolute atomic E-state index is 11.3. The van der Waals surface area contributed by atoms with Crippen LogP contribution in [0.2, 0.25) is 0 Å². The fraction of sp³-hybridized carbons (Fsp3) is 0.500. The Morgan fingerprint density at radius 3 is 2.88 bits per heavy atom. The van der Waals surface area contributed by atoms with Gasteiger partial charge in [0.15, 0.2) is 0 Å². The molecule has 1 atom stereocenters. The number of rotatable bonds is 5. The second-order valence-corrected chi connectivity index (χ2v) is 4.57. The molecule has 1 unspecified atom stereocenters. The van der Waals surface area contributed by atoms with Gasteiger partial charge >= 0.3 is 5.97 Å². The number of methoxy groups -OCH3 is 1. The number of esters is 1. The van der Waals surface area contributed by atoms with E-state index in [1.807, 2.05) is 7.05 Å². The summed E-state index contributed by atoms with van der Waals surface area (Å²) < 4.78 is 4.72. The molecule has 3 heteroatoms. The van der Waals surface area contributed by atoms with Crippen molar-refractivity contribution in [3.05, 3.63) is 35.4 Å². The first kappa shape index (κ1) is 12.1. The molecule has 1 aromatic rings. The lowest BCUT2D eigenvalue weighted by atomic mass is 10.00. The predicted molar refractivity (Wildman–Crippen MR) is 66.9 cm³/mol. The molecule has 2 rings (SSSR count). The van der Waals surface area contributed by atoms with Gasteiger partial charge in [0.1, 0.15) is 0 Å². The number of hydrogen-bond donors (Lipinski definition) is 1. The standard InChI is InChI=1S/C14H19NO2/c1-15-13(9-14(16)17-2)12-5-3-4-11(8-12)10-6-7-10/h3-5,8,10,13,15H,6-7,9H2,1-2H3. The normalized spacial score (nSPS) is 16.6. The molecule has 1 aliphatic rings. The van der Waals surface area contributed by atoms with Crippen molar-refractivity contribution in [1.29, 1.82) is 0 Å². The van der Waals surface area contributed by atoms with Gasteiger partial charge in [-0.3, -0.25) is 4.79 Å². The third-order valence-corrected chi connectivity index (χ3v) is 3.31. The second-order valence-electron chi connectivity index (χ2n) is 4.57. The van der Waals surface area contributed by atoms with Crippen LogP contribution in [0.25, 0.3) is 0 Å². The molecule has 0 bridgehead atoms. The summed E-state index contributed by atoms with van der Waals surface area (Å²) >= 11 is 0. The van der Waals surface area contributed by atoms with Crippen LogP contribution in [0.3, 0.4) is 0 Å². The molecule has 0 spiro atoms. The van der Waals surface area contributed by atoms with E-state index >= 15 is 0 Å². The highest BCUT2D eigenvalue weighted by Gasteiger charge is 2.24. The van der Waals surface area contributed by atoms with Crippen molar-refractivity contribution >= 4 is 5.97 Å². The highest BCUT2D eigenvalue weighted by Crippen LogP contribution is 2.40. The van der Waals surface area contributed by atoms with Gasteiger partial charge in [-0.2, -0.15) is 0 Å². The molecule has 0 aliphatic heterocycles. The van der Waals surface area contributed by atoms with Crippen LogP contribution in [0.15, 0.2) is 24.3 Å². The van der Waals surface area contributed by atoms with E-state index in [0.29, 0.717) is 6.42 Å². The highest BCUT2D eigenvalue weighted by molar-refractivity contribution is 5.70. The maximum Gasteiger partial charge on any atom is 0.307 e. The van der Waals surface area contributed by atoms with E-state index in [2.05, 4.69) is 29.6 Å². The largest absolute Gasteiger partial charge is 0.469 e. The van der Waals surface area contributed by atoms with Crippen molar-refractivity contribution in [2.75, 3.05) is 14.2 Å². The molecule has 0 aromatic heterocycles. The van der Waals surface area contributed by atoms with Gasteiger partial charge in [0, 0.05) is 6.04 Å². The minimum absolute atomic E-state index is 0.0427. The number of hydrogen-bond acceptors (Lipinski definition) is 3.